The molecule has 0 aliphatic heterocycles. The second kappa shape index (κ2) is 12.1. The van der Waals surface area contributed by atoms with Crippen molar-refractivity contribution in [3.8, 4) is 11.6 Å². The molecule has 2 N–H and O–H groups in total. The number of nitrogens with zero attached hydrogens (tertiary/aromatic N) is 3. The zero-order valence-electron chi connectivity index (χ0n) is 21.6. The molecule has 1 aliphatic carbocycles. The Balaban J connectivity index is 2.06. The summed E-state index contributed by atoms with van der Waals surface area (Å²) in [5.74, 6) is -0.954. The van der Waals surface area contributed by atoms with E-state index in [0.717, 1.165) is 25.3 Å². The number of aliphatic hydroxyl groups excluding tert-OH is 1. The highest BCUT2D eigenvalue weighted by molar-refractivity contribution is 5.95. The lowest BCUT2D eigenvalue weighted by atomic mass is 9.75. The Kier molecular flexibility index (Phi) is 9.39. The van der Waals surface area contributed by atoms with Gasteiger partial charge in [-0.25, -0.2) is 4.98 Å². The largest absolute Gasteiger partial charge is 0.491 e. The summed E-state index contributed by atoms with van der Waals surface area (Å²) >= 11 is 0. The van der Waals surface area contributed by atoms with E-state index in [2.05, 4.69) is 9.97 Å². The summed E-state index contributed by atoms with van der Waals surface area (Å²) in [5.41, 5.74) is -0.935. The molecule has 37 heavy (non-hydrogen) atoms. The number of aromatic nitrogens is 2. The molecule has 2 aromatic rings. The molecule has 1 amide bonds. The van der Waals surface area contributed by atoms with E-state index in [9.17, 15) is 28.2 Å². The van der Waals surface area contributed by atoms with Crippen molar-refractivity contribution in [2.45, 2.75) is 83.4 Å². The van der Waals surface area contributed by atoms with Gasteiger partial charge in [-0.15, -0.1) is 0 Å². The minimum Gasteiger partial charge on any atom is -0.491 e. The molecule has 0 saturated heterocycles. The predicted molar refractivity (Wildman–Crippen MR) is 133 cm³/mol. The zero-order chi connectivity index (χ0) is 27.2. The fourth-order valence-corrected chi connectivity index (χ4v) is 4.94. The second-order valence-corrected chi connectivity index (χ2v) is 9.90. The Bertz CT molecular complexity index is 1070. The Morgan fingerprint density at radius 3 is 2.51 bits per heavy atom. The number of benzene rings is 1. The lowest BCUT2D eigenvalue weighted by Gasteiger charge is -2.30. The number of hydrogen-bond donors (Lipinski definition) is 2. The van der Waals surface area contributed by atoms with Gasteiger partial charge in [0.2, 0.25) is 5.75 Å². The molecule has 0 atom stereocenters. The summed E-state index contributed by atoms with van der Waals surface area (Å²) in [4.78, 5) is 23.7. The monoisotopic (exact) mass is 523 g/mol. The Labute approximate surface area is 215 Å². The van der Waals surface area contributed by atoms with Gasteiger partial charge >= 0.3 is 6.18 Å². The van der Waals surface area contributed by atoms with Crippen molar-refractivity contribution in [1.29, 1.82) is 0 Å². The summed E-state index contributed by atoms with van der Waals surface area (Å²) in [6, 6.07) is 5.08. The molecule has 1 heterocycles. The first kappa shape index (κ1) is 28.7. The number of ether oxygens (including phenoxy) is 1. The highest BCUT2D eigenvalue weighted by atomic mass is 19.4. The molecular weight excluding hydrogens is 487 g/mol. The molecule has 1 aliphatic rings. The van der Waals surface area contributed by atoms with Crippen molar-refractivity contribution >= 4 is 5.91 Å². The van der Waals surface area contributed by atoms with Gasteiger partial charge in [0.25, 0.3) is 11.8 Å². The lowest BCUT2D eigenvalue weighted by molar-refractivity contribution is -0.137. The topological polar surface area (TPSA) is 95.8 Å². The molecule has 0 bridgehead atoms. The third-order valence-electron chi connectivity index (χ3n) is 6.93. The van der Waals surface area contributed by atoms with Crippen LogP contribution in [-0.2, 0) is 18.0 Å². The van der Waals surface area contributed by atoms with Gasteiger partial charge in [0, 0.05) is 24.4 Å². The van der Waals surface area contributed by atoms with Crippen molar-refractivity contribution in [2.75, 3.05) is 19.8 Å². The summed E-state index contributed by atoms with van der Waals surface area (Å²) in [6.45, 7) is 5.65. The minimum atomic E-state index is -4.46. The number of carbonyl (C=O) groups is 1. The van der Waals surface area contributed by atoms with Crippen LogP contribution in [0.25, 0.3) is 0 Å². The third kappa shape index (κ3) is 6.71. The molecular formula is C27H36F3N3O4. The molecule has 10 heteroatoms. The molecule has 0 spiro atoms. The minimum absolute atomic E-state index is 0.0686. The van der Waals surface area contributed by atoms with Crippen molar-refractivity contribution in [2.24, 2.45) is 0 Å². The molecule has 3 rings (SSSR count). The second-order valence-electron chi connectivity index (χ2n) is 9.90. The molecule has 1 aromatic heterocycles. The van der Waals surface area contributed by atoms with Gasteiger partial charge in [-0.3, -0.25) is 4.79 Å². The van der Waals surface area contributed by atoms with Crippen LogP contribution in [0.2, 0.25) is 0 Å². The number of aromatic hydroxyl groups is 1. The van der Waals surface area contributed by atoms with Crippen LogP contribution >= 0.6 is 0 Å². The van der Waals surface area contributed by atoms with Gasteiger partial charge in [-0.1, -0.05) is 44.4 Å². The normalized spacial score (nSPS) is 15.2. The Morgan fingerprint density at radius 2 is 1.92 bits per heavy atom. The number of carbonyl (C=O) groups excluding carboxylic acids is 1. The van der Waals surface area contributed by atoms with E-state index < -0.39 is 28.9 Å². The van der Waals surface area contributed by atoms with Crippen LogP contribution in [0.5, 0.6) is 11.6 Å². The number of aliphatic hydroxyl groups is 1. The van der Waals surface area contributed by atoms with Gasteiger partial charge in [0.1, 0.15) is 5.82 Å². The summed E-state index contributed by atoms with van der Waals surface area (Å²) in [5, 5.41) is 20.3. The van der Waals surface area contributed by atoms with Crippen LogP contribution in [-0.4, -0.2) is 56.8 Å². The van der Waals surface area contributed by atoms with E-state index in [1.165, 1.54) is 17.0 Å². The molecule has 7 nitrogen and oxygen atoms in total. The van der Waals surface area contributed by atoms with Crippen LogP contribution in [0.4, 0.5) is 13.2 Å². The van der Waals surface area contributed by atoms with Crippen molar-refractivity contribution in [3.63, 3.8) is 0 Å². The maximum atomic E-state index is 13.5. The number of unbranched alkanes of at least 4 members (excludes halogenated alkanes) is 1. The summed E-state index contributed by atoms with van der Waals surface area (Å²) < 4.78 is 46.1. The molecule has 1 fully saturated rings. The van der Waals surface area contributed by atoms with Crippen molar-refractivity contribution in [1.82, 2.24) is 14.9 Å². The molecule has 0 radical (unpaired) electrons. The number of halogens is 3. The molecule has 1 aromatic carbocycles. The first-order chi connectivity index (χ1) is 17.5. The quantitative estimate of drug-likeness (QED) is 0.389. The van der Waals surface area contributed by atoms with Gasteiger partial charge in [0.05, 0.1) is 18.8 Å². The van der Waals surface area contributed by atoms with Crippen LogP contribution < -0.4 is 4.74 Å². The van der Waals surface area contributed by atoms with Gasteiger partial charge in [0.15, 0.2) is 5.69 Å². The average molecular weight is 524 g/mol. The van der Waals surface area contributed by atoms with E-state index in [1.807, 2.05) is 6.92 Å². The Hall–Kier alpha value is -2.88. The first-order valence-electron chi connectivity index (χ1n) is 12.8. The number of hydrogen-bond acceptors (Lipinski definition) is 6. The van der Waals surface area contributed by atoms with Gasteiger partial charge < -0.3 is 19.8 Å². The third-order valence-corrected chi connectivity index (χ3v) is 6.93. The fourth-order valence-electron chi connectivity index (χ4n) is 4.94. The SMILES string of the molecule is CCCCOc1c(O)nc(CC2(c3cccc(C(F)(F)F)c3)CCCC2)nc1C(=O)N(CCO)C(C)C. The highest BCUT2D eigenvalue weighted by Gasteiger charge is 2.40. The van der Waals surface area contributed by atoms with E-state index in [1.54, 1.807) is 19.9 Å². The molecule has 204 valence electrons. The number of alkyl halides is 3. The zero-order valence-corrected chi connectivity index (χ0v) is 21.6. The lowest BCUT2D eigenvalue weighted by Crippen LogP contribution is -2.40. The van der Waals surface area contributed by atoms with E-state index >= 15 is 0 Å². The fraction of sp³-hybridized carbons (Fsp3) is 0.593. The van der Waals surface area contributed by atoms with Gasteiger partial charge in [-0.2, -0.15) is 18.2 Å². The predicted octanol–water partition coefficient (Wildman–Crippen LogP) is 5.28. The van der Waals surface area contributed by atoms with E-state index in [4.69, 9.17) is 4.74 Å². The maximum absolute atomic E-state index is 13.5. The van der Waals surface area contributed by atoms with Crippen LogP contribution in [0, 0.1) is 0 Å². The maximum Gasteiger partial charge on any atom is 0.416 e. The van der Waals surface area contributed by atoms with Crippen LogP contribution in [0.15, 0.2) is 24.3 Å². The van der Waals surface area contributed by atoms with Crippen molar-refractivity contribution < 1.29 is 32.9 Å². The average Bonchev–Trinajstić information content (AvgIpc) is 3.32. The van der Waals surface area contributed by atoms with E-state index in [0.29, 0.717) is 24.8 Å². The van der Waals surface area contributed by atoms with Crippen molar-refractivity contribution in [3.05, 3.63) is 46.9 Å². The first-order valence-corrected chi connectivity index (χ1v) is 12.8. The summed E-state index contributed by atoms with van der Waals surface area (Å²) in [6.07, 6.45) is 0.183. The standard InChI is InChI=1S/C27H36F3N3O4/c1-4-5-15-37-23-22(25(36)33(13-14-34)18(2)3)31-21(32-24(23)35)17-26(11-6-7-12-26)19-9-8-10-20(16-19)27(28,29)30/h8-10,16,18,34H,4-7,11-15,17H2,1-3H3,(H,31,32,35). The van der Waals surface area contributed by atoms with Gasteiger partial charge in [-0.05, 0) is 44.7 Å². The van der Waals surface area contributed by atoms with E-state index in [-0.39, 0.29) is 49.5 Å². The number of rotatable bonds is 11. The molecule has 1 saturated carbocycles. The highest BCUT2D eigenvalue weighted by Crippen LogP contribution is 2.45. The summed E-state index contributed by atoms with van der Waals surface area (Å²) in [7, 11) is 0. The number of amides is 1. The Morgan fingerprint density at radius 1 is 1.22 bits per heavy atom. The van der Waals surface area contributed by atoms with Crippen LogP contribution in [0.1, 0.15) is 86.7 Å². The molecule has 0 unspecified atom stereocenters. The van der Waals surface area contributed by atoms with Crippen LogP contribution in [0.3, 0.4) is 0 Å². The smallest absolute Gasteiger partial charge is 0.416 e.